The van der Waals surface area contributed by atoms with Crippen molar-refractivity contribution in [1.29, 1.82) is 0 Å². The summed E-state index contributed by atoms with van der Waals surface area (Å²) in [4.78, 5) is 16.1. The van der Waals surface area contributed by atoms with E-state index in [1.807, 2.05) is 37.4 Å². The molecular weight excluding hydrogens is 426 g/mol. The second kappa shape index (κ2) is 7.29. The van der Waals surface area contributed by atoms with Gasteiger partial charge in [0.05, 0.1) is 11.3 Å². The topological polar surface area (TPSA) is 37.3 Å². The molecule has 2 aliphatic rings. The molecule has 0 saturated carbocycles. The van der Waals surface area contributed by atoms with Crippen LogP contribution >= 0.6 is 15.9 Å². The molecule has 1 amide bonds. The number of piperidine rings is 1. The molecule has 5 heteroatoms. The van der Waals surface area contributed by atoms with E-state index in [0.29, 0.717) is 12.1 Å². The summed E-state index contributed by atoms with van der Waals surface area (Å²) in [5, 5.41) is 4.41. The van der Waals surface area contributed by atoms with E-state index in [0.717, 1.165) is 45.0 Å². The Kier molecular flexibility index (Phi) is 4.75. The smallest absolute Gasteiger partial charge is 0.254 e. The normalized spacial score (nSPS) is 24.2. The van der Waals surface area contributed by atoms with Crippen molar-refractivity contribution in [2.75, 3.05) is 7.05 Å². The standard InChI is InChI=1S/C24H26BrN3O/c1-27-16-11-12-17(27)14-15(13-16)26-24(29)22-19-8-4-6-10-21(19)28(2)23(22)18-7-3-5-9-20(18)25/h3-10,15-17H,11-14H2,1-2H3,(H,26,29). The van der Waals surface area contributed by atoms with Gasteiger partial charge in [-0.2, -0.15) is 0 Å². The fourth-order valence-corrected chi connectivity index (χ4v) is 5.85. The Morgan fingerprint density at radius 3 is 2.38 bits per heavy atom. The third kappa shape index (κ3) is 3.11. The average Bonchev–Trinajstić information content (AvgIpc) is 3.10. The zero-order valence-electron chi connectivity index (χ0n) is 16.9. The molecule has 2 unspecified atom stereocenters. The molecule has 2 bridgehead atoms. The number of carbonyl (C=O) groups excluding carboxylic acids is 1. The molecule has 5 rings (SSSR count). The molecule has 0 radical (unpaired) electrons. The Morgan fingerprint density at radius 1 is 1.00 bits per heavy atom. The van der Waals surface area contributed by atoms with Crippen LogP contribution in [0.3, 0.4) is 0 Å². The van der Waals surface area contributed by atoms with E-state index >= 15 is 0 Å². The van der Waals surface area contributed by atoms with Crippen molar-refractivity contribution in [3.05, 3.63) is 58.6 Å². The first-order valence-corrected chi connectivity index (χ1v) is 11.2. The third-order valence-corrected chi connectivity index (χ3v) is 7.59. The maximum absolute atomic E-state index is 13.6. The van der Waals surface area contributed by atoms with Gasteiger partial charge in [0.25, 0.3) is 5.91 Å². The van der Waals surface area contributed by atoms with Crippen molar-refractivity contribution in [3.63, 3.8) is 0 Å². The minimum Gasteiger partial charge on any atom is -0.349 e. The number of benzene rings is 2. The van der Waals surface area contributed by atoms with Crippen molar-refractivity contribution in [2.45, 2.75) is 43.8 Å². The largest absolute Gasteiger partial charge is 0.349 e. The summed E-state index contributed by atoms with van der Waals surface area (Å²) >= 11 is 3.69. The number of amides is 1. The Bertz CT molecular complexity index is 1070. The maximum atomic E-state index is 13.6. The number of rotatable bonds is 3. The molecule has 2 saturated heterocycles. The van der Waals surface area contributed by atoms with Crippen LogP contribution in [0.2, 0.25) is 0 Å². The fraction of sp³-hybridized carbons (Fsp3) is 0.375. The summed E-state index contributed by atoms with van der Waals surface area (Å²) in [5.74, 6) is 0.0431. The van der Waals surface area contributed by atoms with Crippen LogP contribution in [0.15, 0.2) is 53.0 Å². The third-order valence-electron chi connectivity index (χ3n) is 6.90. The number of hydrogen-bond acceptors (Lipinski definition) is 2. The van der Waals surface area contributed by atoms with Crippen LogP contribution in [0, 0.1) is 0 Å². The molecule has 3 aromatic rings. The second-order valence-electron chi connectivity index (χ2n) is 8.47. The monoisotopic (exact) mass is 451 g/mol. The second-order valence-corrected chi connectivity index (χ2v) is 9.33. The number of aryl methyl sites for hydroxylation is 1. The van der Waals surface area contributed by atoms with Crippen LogP contribution in [0.1, 0.15) is 36.0 Å². The van der Waals surface area contributed by atoms with Gasteiger partial charge in [-0.25, -0.2) is 0 Å². The highest BCUT2D eigenvalue weighted by atomic mass is 79.9. The molecule has 2 aliphatic heterocycles. The molecule has 0 aliphatic carbocycles. The van der Waals surface area contributed by atoms with Gasteiger partial charge in [-0.15, -0.1) is 0 Å². The van der Waals surface area contributed by atoms with E-state index in [9.17, 15) is 4.79 Å². The number of carbonyl (C=O) groups is 1. The minimum absolute atomic E-state index is 0.0431. The zero-order valence-corrected chi connectivity index (χ0v) is 18.4. The quantitative estimate of drug-likeness (QED) is 0.610. The number of fused-ring (bicyclic) bond motifs is 3. The lowest BCUT2D eigenvalue weighted by Gasteiger charge is -2.36. The molecule has 29 heavy (non-hydrogen) atoms. The van der Waals surface area contributed by atoms with Gasteiger partial charge in [0.15, 0.2) is 0 Å². The summed E-state index contributed by atoms with van der Waals surface area (Å²) in [6.45, 7) is 0. The van der Waals surface area contributed by atoms with E-state index in [2.05, 4.69) is 56.0 Å². The van der Waals surface area contributed by atoms with Crippen LogP contribution < -0.4 is 5.32 Å². The highest BCUT2D eigenvalue weighted by Gasteiger charge is 2.39. The first-order valence-electron chi connectivity index (χ1n) is 10.4. The van der Waals surface area contributed by atoms with Gasteiger partial charge in [0.1, 0.15) is 0 Å². The number of nitrogens with zero attached hydrogens (tertiary/aromatic N) is 2. The lowest BCUT2D eigenvalue weighted by atomic mass is 9.97. The van der Waals surface area contributed by atoms with E-state index in [4.69, 9.17) is 0 Å². The summed E-state index contributed by atoms with van der Waals surface area (Å²) < 4.78 is 3.14. The predicted octanol–water partition coefficient (Wildman–Crippen LogP) is 4.96. The number of aromatic nitrogens is 1. The molecule has 3 heterocycles. The Balaban J connectivity index is 1.56. The minimum atomic E-state index is 0.0431. The predicted molar refractivity (Wildman–Crippen MR) is 121 cm³/mol. The van der Waals surface area contributed by atoms with Crippen molar-refractivity contribution >= 4 is 32.7 Å². The van der Waals surface area contributed by atoms with Gasteiger partial charge in [-0.3, -0.25) is 4.79 Å². The fourth-order valence-electron chi connectivity index (χ4n) is 5.38. The number of para-hydroxylation sites is 1. The molecule has 2 atom stereocenters. The number of nitrogens with one attached hydrogen (secondary N) is 1. The first kappa shape index (κ1) is 18.9. The van der Waals surface area contributed by atoms with Gasteiger partial charge >= 0.3 is 0 Å². The SMILES string of the molecule is CN1C2CCC1CC(NC(=O)c1c(-c3ccccc3Br)n(C)c3ccccc13)C2. The van der Waals surface area contributed by atoms with Crippen LogP contribution in [-0.4, -0.2) is 40.5 Å². The van der Waals surface area contributed by atoms with E-state index in [1.165, 1.54) is 12.8 Å². The van der Waals surface area contributed by atoms with Gasteiger partial charge in [0, 0.05) is 46.1 Å². The summed E-state index contributed by atoms with van der Waals surface area (Å²) in [6.07, 6.45) is 4.61. The zero-order chi connectivity index (χ0) is 20.1. The van der Waals surface area contributed by atoms with Crippen LogP contribution in [0.25, 0.3) is 22.2 Å². The highest BCUT2D eigenvalue weighted by molar-refractivity contribution is 9.10. The molecule has 2 fully saturated rings. The van der Waals surface area contributed by atoms with Crippen molar-refractivity contribution in [2.24, 2.45) is 7.05 Å². The summed E-state index contributed by atoms with van der Waals surface area (Å²) in [5.41, 5.74) is 3.86. The van der Waals surface area contributed by atoms with Gasteiger partial charge in [-0.05, 0) is 44.9 Å². The number of hydrogen-bond donors (Lipinski definition) is 1. The highest BCUT2D eigenvalue weighted by Crippen LogP contribution is 2.38. The van der Waals surface area contributed by atoms with E-state index < -0.39 is 0 Å². The van der Waals surface area contributed by atoms with E-state index in [1.54, 1.807) is 0 Å². The summed E-state index contributed by atoms with van der Waals surface area (Å²) in [6, 6.07) is 17.8. The van der Waals surface area contributed by atoms with Crippen molar-refractivity contribution in [1.82, 2.24) is 14.8 Å². The van der Waals surface area contributed by atoms with Crippen molar-refractivity contribution in [3.8, 4) is 11.3 Å². The van der Waals surface area contributed by atoms with Gasteiger partial charge < -0.3 is 14.8 Å². The molecule has 1 aromatic heterocycles. The Labute approximate surface area is 180 Å². The van der Waals surface area contributed by atoms with Crippen LogP contribution in [0.4, 0.5) is 0 Å². The van der Waals surface area contributed by atoms with E-state index in [-0.39, 0.29) is 11.9 Å². The number of halogens is 1. The van der Waals surface area contributed by atoms with Crippen molar-refractivity contribution < 1.29 is 4.79 Å². The maximum Gasteiger partial charge on any atom is 0.254 e. The summed E-state index contributed by atoms with van der Waals surface area (Å²) in [7, 11) is 4.28. The lowest BCUT2D eigenvalue weighted by molar-refractivity contribution is 0.0884. The molecule has 2 aromatic carbocycles. The van der Waals surface area contributed by atoms with Crippen LogP contribution in [0.5, 0.6) is 0 Å². The van der Waals surface area contributed by atoms with Gasteiger partial charge in [0.2, 0.25) is 0 Å². The van der Waals surface area contributed by atoms with Crippen LogP contribution in [-0.2, 0) is 7.05 Å². The molecule has 1 N–H and O–H groups in total. The molecule has 0 spiro atoms. The Hall–Kier alpha value is -2.11. The first-order chi connectivity index (χ1) is 14.0. The average molecular weight is 452 g/mol. The Morgan fingerprint density at radius 2 is 1.66 bits per heavy atom. The molecular formula is C24H26BrN3O. The molecule has 150 valence electrons. The molecule has 4 nitrogen and oxygen atoms in total. The van der Waals surface area contributed by atoms with Gasteiger partial charge in [-0.1, -0.05) is 52.3 Å². The lowest BCUT2D eigenvalue weighted by Crippen LogP contribution is -2.48.